The summed E-state index contributed by atoms with van der Waals surface area (Å²) in [5.41, 5.74) is 1.00. The van der Waals surface area contributed by atoms with Crippen LogP contribution >= 0.6 is 11.3 Å². The molecule has 1 unspecified atom stereocenters. The first-order chi connectivity index (χ1) is 9.47. The highest BCUT2D eigenvalue weighted by Gasteiger charge is 2.28. The first kappa shape index (κ1) is 13.7. The summed E-state index contributed by atoms with van der Waals surface area (Å²) in [6.07, 6.45) is 3.12. The van der Waals surface area contributed by atoms with E-state index < -0.39 is 10.0 Å². The van der Waals surface area contributed by atoms with E-state index in [1.165, 1.54) is 17.7 Å². The van der Waals surface area contributed by atoms with E-state index in [-0.39, 0.29) is 6.04 Å². The molecule has 0 spiro atoms. The Morgan fingerprint density at radius 1 is 1.45 bits per heavy atom. The van der Waals surface area contributed by atoms with Crippen molar-refractivity contribution in [2.75, 3.05) is 0 Å². The number of aromatic nitrogens is 3. The van der Waals surface area contributed by atoms with Gasteiger partial charge in [-0.1, -0.05) is 0 Å². The summed E-state index contributed by atoms with van der Waals surface area (Å²) in [5, 5.41) is 4.10. The van der Waals surface area contributed by atoms with Crippen LogP contribution < -0.4 is 4.72 Å². The average molecular weight is 312 g/mol. The van der Waals surface area contributed by atoms with Crippen molar-refractivity contribution < 1.29 is 8.42 Å². The molecule has 0 aliphatic carbocycles. The lowest BCUT2D eigenvalue weighted by atomic mass is 10.1. The molecular weight excluding hydrogens is 296 g/mol. The summed E-state index contributed by atoms with van der Waals surface area (Å²) in [6.45, 7) is 4.64. The molecule has 2 aromatic heterocycles. The average Bonchev–Trinajstić information content (AvgIpc) is 2.98. The van der Waals surface area contributed by atoms with Gasteiger partial charge in [-0.25, -0.2) is 18.1 Å². The molecule has 2 aromatic rings. The van der Waals surface area contributed by atoms with Crippen LogP contribution in [0.4, 0.5) is 0 Å². The van der Waals surface area contributed by atoms with E-state index in [1.807, 2.05) is 13.8 Å². The van der Waals surface area contributed by atoms with Crippen LogP contribution in [0, 0.1) is 13.8 Å². The molecule has 0 aromatic carbocycles. The molecule has 0 fully saturated rings. The van der Waals surface area contributed by atoms with E-state index in [4.69, 9.17) is 0 Å². The molecule has 1 atom stereocenters. The van der Waals surface area contributed by atoms with Crippen LogP contribution in [-0.2, 0) is 16.6 Å². The summed E-state index contributed by atoms with van der Waals surface area (Å²) in [4.78, 5) is 5.19. The maximum atomic E-state index is 12.4. The van der Waals surface area contributed by atoms with Gasteiger partial charge in [0, 0.05) is 11.4 Å². The molecule has 8 heteroatoms. The summed E-state index contributed by atoms with van der Waals surface area (Å²) in [5.74, 6) is 0.699. The maximum Gasteiger partial charge on any atom is 0.250 e. The fourth-order valence-electron chi connectivity index (χ4n) is 2.32. The zero-order valence-electron chi connectivity index (χ0n) is 11.3. The predicted molar refractivity (Wildman–Crippen MR) is 76.1 cm³/mol. The highest BCUT2D eigenvalue weighted by atomic mass is 32.2. The molecule has 3 rings (SSSR count). The van der Waals surface area contributed by atoms with Gasteiger partial charge in [-0.3, -0.25) is 0 Å². The zero-order chi connectivity index (χ0) is 14.3. The number of rotatable bonds is 3. The van der Waals surface area contributed by atoms with Crippen LogP contribution in [0.15, 0.2) is 16.6 Å². The van der Waals surface area contributed by atoms with Crippen LogP contribution in [0.5, 0.6) is 0 Å². The fourth-order valence-corrected chi connectivity index (χ4v) is 5.08. The number of thiophene rings is 1. The number of nitrogens with one attached hydrogen (secondary N) is 1. The Balaban J connectivity index is 1.88. The minimum atomic E-state index is -3.49. The van der Waals surface area contributed by atoms with Crippen molar-refractivity contribution in [1.29, 1.82) is 0 Å². The highest BCUT2D eigenvalue weighted by Crippen LogP contribution is 2.28. The third-order valence-corrected chi connectivity index (χ3v) is 6.62. The van der Waals surface area contributed by atoms with E-state index >= 15 is 0 Å². The summed E-state index contributed by atoms with van der Waals surface area (Å²) in [6, 6.07) is 1.43. The molecule has 3 heterocycles. The van der Waals surface area contributed by atoms with Gasteiger partial charge in [0.1, 0.15) is 16.4 Å². The van der Waals surface area contributed by atoms with E-state index in [2.05, 4.69) is 14.8 Å². The van der Waals surface area contributed by atoms with Gasteiger partial charge in [-0.15, -0.1) is 11.3 Å². The van der Waals surface area contributed by atoms with Gasteiger partial charge in [0.15, 0.2) is 0 Å². The maximum absolute atomic E-state index is 12.4. The Morgan fingerprint density at radius 2 is 2.25 bits per heavy atom. The van der Waals surface area contributed by atoms with Crippen LogP contribution in [0.25, 0.3) is 0 Å². The van der Waals surface area contributed by atoms with E-state index in [0.29, 0.717) is 10.0 Å². The van der Waals surface area contributed by atoms with Crippen molar-refractivity contribution >= 4 is 21.4 Å². The Labute approximate surface area is 121 Å². The molecular formula is C12H16N4O2S2. The number of sulfonamides is 1. The van der Waals surface area contributed by atoms with Gasteiger partial charge in [0.2, 0.25) is 0 Å². The van der Waals surface area contributed by atoms with Gasteiger partial charge in [-0.05, 0) is 38.3 Å². The van der Waals surface area contributed by atoms with Gasteiger partial charge >= 0.3 is 0 Å². The van der Waals surface area contributed by atoms with Gasteiger partial charge < -0.3 is 0 Å². The number of hydrogen-bond acceptors (Lipinski definition) is 5. The summed E-state index contributed by atoms with van der Waals surface area (Å²) in [7, 11) is -3.49. The molecule has 0 saturated carbocycles. The largest absolute Gasteiger partial charge is 0.250 e. The first-order valence-electron chi connectivity index (χ1n) is 6.44. The van der Waals surface area contributed by atoms with Crippen molar-refractivity contribution in [3.05, 3.63) is 28.7 Å². The van der Waals surface area contributed by atoms with Crippen LogP contribution in [0.3, 0.4) is 0 Å². The van der Waals surface area contributed by atoms with E-state index in [1.54, 1.807) is 10.7 Å². The number of hydrogen-bond donors (Lipinski definition) is 1. The SMILES string of the molecule is Cc1cc(S(=O)(=O)NC2CCCn3ncnc32)sc1C. The minimum absolute atomic E-state index is 0.293. The van der Waals surface area contributed by atoms with Crippen LogP contribution in [0.1, 0.15) is 35.1 Å². The molecule has 20 heavy (non-hydrogen) atoms. The third-order valence-electron chi connectivity index (χ3n) is 3.53. The number of aryl methyl sites for hydroxylation is 3. The summed E-state index contributed by atoms with van der Waals surface area (Å²) < 4.78 is 29.8. The summed E-state index contributed by atoms with van der Waals surface area (Å²) >= 11 is 1.30. The van der Waals surface area contributed by atoms with E-state index in [9.17, 15) is 8.42 Å². The second-order valence-electron chi connectivity index (χ2n) is 4.96. The van der Waals surface area contributed by atoms with Gasteiger partial charge in [0.05, 0.1) is 6.04 Å². The number of nitrogens with zero attached hydrogens (tertiary/aromatic N) is 3. The topological polar surface area (TPSA) is 76.9 Å². The third kappa shape index (κ3) is 2.38. The quantitative estimate of drug-likeness (QED) is 0.937. The Hall–Kier alpha value is -1.25. The second kappa shape index (κ2) is 4.94. The van der Waals surface area contributed by atoms with E-state index in [0.717, 1.165) is 29.8 Å². The van der Waals surface area contributed by atoms with Crippen LogP contribution in [-0.4, -0.2) is 23.2 Å². The minimum Gasteiger partial charge on any atom is -0.248 e. The lowest BCUT2D eigenvalue weighted by Gasteiger charge is -2.22. The molecule has 1 N–H and O–H groups in total. The monoisotopic (exact) mass is 312 g/mol. The van der Waals surface area contributed by atoms with Gasteiger partial charge in [0.25, 0.3) is 10.0 Å². The second-order valence-corrected chi connectivity index (χ2v) is 8.16. The van der Waals surface area contributed by atoms with Crippen molar-refractivity contribution in [3.8, 4) is 0 Å². The lowest BCUT2D eigenvalue weighted by molar-refractivity contribution is 0.400. The predicted octanol–water partition coefficient (Wildman–Crippen LogP) is 1.77. The van der Waals surface area contributed by atoms with Crippen molar-refractivity contribution in [2.45, 2.75) is 43.5 Å². The number of fused-ring (bicyclic) bond motifs is 1. The lowest BCUT2D eigenvalue weighted by Crippen LogP contribution is -2.33. The molecule has 1 aliphatic heterocycles. The molecule has 1 aliphatic rings. The molecule has 0 radical (unpaired) electrons. The van der Waals surface area contributed by atoms with Crippen molar-refractivity contribution in [1.82, 2.24) is 19.5 Å². The molecule has 0 amide bonds. The zero-order valence-corrected chi connectivity index (χ0v) is 13.0. The smallest absolute Gasteiger partial charge is 0.248 e. The van der Waals surface area contributed by atoms with Gasteiger partial charge in [-0.2, -0.15) is 9.82 Å². The van der Waals surface area contributed by atoms with Crippen molar-refractivity contribution in [2.24, 2.45) is 0 Å². The Bertz CT molecular complexity index is 713. The van der Waals surface area contributed by atoms with Crippen LogP contribution in [0.2, 0.25) is 0 Å². The molecule has 0 saturated heterocycles. The van der Waals surface area contributed by atoms with Crippen molar-refractivity contribution in [3.63, 3.8) is 0 Å². The molecule has 108 valence electrons. The molecule has 6 nitrogen and oxygen atoms in total. The Morgan fingerprint density at radius 3 is 2.95 bits per heavy atom. The standard InChI is InChI=1S/C12H16N4O2S2/c1-8-6-11(19-9(8)2)20(17,18)15-10-4-3-5-16-12(10)13-7-14-16/h6-7,10,15H,3-5H2,1-2H3. The first-order valence-corrected chi connectivity index (χ1v) is 8.74. The highest BCUT2D eigenvalue weighted by molar-refractivity contribution is 7.91. The Kier molecular flexibility index (Phi) is 3.39. The normalized spacial score (nSPS) is 19.0. The fraction of sp³-hybridized carbons (Fsp3) is 0.500. The molecule has 0 bridgehead atoms.